The molecule has 0 aromatic heterocycles. The summed E-state index contributed by atoms with van der Waals surface area (Å²) in [5, 5.41) is 5.30. The Morgan fingerprint density at radius 2 is 1.92 bits per heavy atom. The molecule has 0 aliphatic rings. The van der Waals surface area contributed by atoms with Crippen molar-refractivity contribution in [3.63, 3.8) is 0 Å². The highest BCUT2D eigenvalue weighted by Crippen LogP contribution is 2.28. The molecule has 0 spiro atoms. The summed E-state index contributed by atoms with van der Waals surface area (Å²) in [5.74, 6) is -0.971. The molecule has 0 fully saturated rings. The van der Waals surface area contributed by atoms with Gasteiger partial charge in [-0.05, 0) is 42.8 Å². The zero-order valence-electron chi connectivity index (χ0n) is 12.6. The number of nitrogens with one attached hydrogen (secondary N) is 2. The van der Waals surface area contributed by atoms with E-state index < -0.39 is 18.3 Å². The minimum atomic E-state index is -2.97. The quantitative estimate of drug-likeness (QED) is 0.802. The van der Waals surface area contributed by atoms with E-state index in [2.05, 4.69) is 15.4 Å². The zero-order chi connectivity index (χ0) is 17.7. The van der Waals surface area contributed by atoms with Gasteiger partial charge in [0.2, 0.25) is 5.91 Å². The van der Waals surface area contributed by atoms with Crippen LogP contribution < -0.4 is 15.4 Å². The predicted molar refractivity (Wildman–Crippen MR) is 86.3 cm³/mol. The molecule has 0 aliphatic carbocycles. The lowest BCUT2D eigenvalue weighted by Crippen LogP contribution is -2.21. The fraction of sp³-hybridized carbons (Fsp3) is 0.188. The number of aryl methyl sites for hydroxylation is 1. The van der Waals surface area contributed by atoms with E-state index in [1.807, 2.05) is 0 Å². The second kappa shape index (κ2) is 7.92. The van der Waals surface area contributed by atoms with Crippen molar-refractivity contribution in [2.24, 2.45) is 0 Å². The number of hydrogen-bond donors (Lipinski definition) is 2. The fourth-order valence-corrected chi connectivity index (χ4v) is 2.09. The second-order valence-corrected chi connectivity index (χ2v) is 5.30. The largest absolute Gasteiger partial charge is 0.433 e. The lowest BCUT2D eigenvalue weighted by atomic mass is 10.2. The van der Waals surface area contributed by atoms with Gasteiger partial charge in [0.25, 0.3) is 0 Å². The van der Waals surface area contributed by atoms with E-state index in [0.29, 0.717) is 16.9 Å². The van der Waals surface area contributed by atoms with Crippen molar-refractivity contribution in [2.45, 2.75) is 13.5 Å². The molecule has 24 heavy (non-hydrogen) atoms. The molecule has 128 valence electrons. The van der Waals surface area contributed by atoms with Crippen LogP contribution in [0.4, 0.5) is 24.5 Å². The van der Waals surface area contributed by atoms with E-state index in [4.69, 9.17) is 11.6 Å². The smallest absolute Gasteiger partial charge is 0.387 e. The van der Waals surface area contributed by atoms with Gasteiger partial charge in [-0.2, -0.15) is 8.78 Å². The summed E-state index contributed by atoms with van der Waals surface area (Å²) in [6.45, 7) is -1.46. The Morgan fingerprint density at radius 1 is 1.21 bits per heavy atom. The van der Waals surface area contributed by atoms with E-state index in [0.717, 1.165) is 0 Å². The highest BCUT2D eigenvalue weighted by molar-refractivity contribution is 6.32. The van der Waals surface area contributed by atoms with Gasteiger partial charge in [-0.1, -0.05) is 17.7 Å². The number of amides is 1. The molecule has 0 bridgehead atoms. The van der Waals surface area contributed by atoms with E-state index in [-0.39, 0.29) is 17.3 Å². The number of rotatable bonds is 6. The van der Waals surface area contributed by atoms with Crippen molar-refractivity contribution in [1.29, 1.82) is 0 Å². The summed E-state index contributed by atoms with van der Waals surface area (Å²) in [6.07, 6.45) is 0. The van der Waals surface area contributed by atoms with Gasteiger partial charge >= 0.3 is 6.61 Å². The predicted octanol–water partition coefficient (Wildman–Crippen LogP) is 4.44. The van der Waals surface area contributed by atoms with Crippen molar-refractivity contribution in [3.05, 3.63) is 52.8 Å². The molecule has 0 saturated carbocycles. The molecule has 0 unspecified atom stereocenters. The zero-order valence-corrected chi connectivity index (χ0v) is 13.3. The Hall–Kier alpha value is -2.41. The molecular weight excluding hydrogens is 345 g/mol. The van der Waals surface area contributed by atoms with Crippen molar-refractivity contribution in [1.82, 2.24) is 0 Å². The van der Waals surface area contributed by atoms with Crippen molar-refractivity contribution in [3.8, 4) is 5.75 Å². The summed E-state index contributed by atoms with van der Waals surface area (Å²) in [5.41, 5.74) is 1.27. The number of ether oxygens (including phenoxy) is 1. The molecule has 0 heterocycles. The van der Waals surface area contributed by atoms with Crippen LogP contribution in [0.25, 0.3) is 0 Å². The average Bonchev–Trinajstić information content (AvgIpc) is 2.51. The number of benzene rings is 2. The van der Waals surface area contributed by atoms with Crippen molar-refractivity contribution >= 4 is 28.9 Å². The third kappa shape index (κ3) is 5.06. The molecular formula is C16H14ClF3N2O2. The first-order chi connectivity index (χ1) is 11.3. The third-order valence-electron chi connectivity index (χ3n) is 3.06. The third-order valence-corrected chi connectivity index (χ3v) is 3.35. The summed E-state index contributed by atoms with van der Waals surface area (Å²) in [7, 11) is 0. The fourth-order valence-electron chi connectivity index (χ4n) is 1.86. The first-order valence-corrected chi connectivity index (χ1v) is 7.27. The molecule has 2 N–H and O–H groups in total. The monoisotopic (exact) mass is 358 g/mol. The molecule has 0 radical (unpaired) electrons. The van der Waals surface area contributed by atoms with Gasteiger partial charge in [0.15, 0.2) is 0 Å². The number of anilines is 2. The Balaban J connectivity index is 1.91. The topological polar surface area (TPSA) is 50.4 Å². The van der Waals surface area contributed by atoms with Gasteiger partial charge in [0, 0.05) is 11.4 Å². The van der Waals surface area contributed by atoms with E-state index in [9.17, 15) is 18.0 Å². The maximum atomic E-state index is 13.4. The number of carbonyl (C=O) groups is 1. The van der Waals surface area contributed by atoms with Gasteiger partial charge in [-0.25, -0.2) is 4.39 Å². The Bertz CT molecular complexity index is 741. The number of alkyl halides is 2. The minimum absolute atomic E-state index is 0.0127. The summed E-state index contributed by atoms with van der Waals surface area (Å²) >= 11 is 5.81. The van der Waals surface area contributed by atoms with Crippen LogP contribution in [0, 0.1) is 12.7 Å². The first kappa shape index (κ1) is 17.9. The van der Waals surface area contributed by atoms with Crippen molar-refractivity contribution in [2.75, 3.05) is 17.2 Å². The summed E-state index contributed by atoms with van der Waals surface area (Å²) in [6, 6.07) is 8.44. The summed E-state index contributed by atoms with van der Waals surface area (Å²) in [4.78, 5) is 11.8. The van der Waals surface area contributed by atoms with Crippen LogP contribution in [-0.4, -0.2) is 19.1 Å². The molecule has 4 nitrogen and oxygen atoms in total. The van der Waals surface area contributed by atoms with Gasteiger partial charge in [-0.3, -0.25) is 4.79 Å². The Labute approximate surface area is 141 Å². The van der Waals surface area contributed by atoms with Crippen LogP contribution in [0.15, 0.2) is 36.4 Å². The number of hydrogen-bond acceptors (Lipinski definition) is 3. The Kier molecular flexibility index (Phi) is 5.92. The lowest BCUT2D eigenvalue weighted by Gasteiger charge is -2.11. The molecule has 2 aromatic rings. The van der Waals surface area contributed by atoms with Crippen LogP contribution >= 0.6 is 11.6 Å². The van der Waals surface area contributed by atoms with Gasteiger partial charge < -0.3 is 15.4 Å². The standard InChI is InChI=1S/C16H14ClF3N2O2/c1-9-2-3-11(7-13(9)18)22-15(23)8-21-10-4-5-14(12(17)6-10)24-16(19)20/h2-7,16,21H,8H2,1H3,(H,22,23). The SMILES string of the molecule is Cc1ccc(NC(=O)CNc2ccc(OC(F)F)c(Cl)c2)cc1F. The van der Waals surface area contributed by atoms with E-state index in [1.165, 1.54) is 24.3 Å². The molecule has 2 aromatic carbocycles. The maximum Gasteiger partial charge on any atom is 0.387 e. The minimum Gasteiger partial charge on any atom is -0.433 e. The van der Waals surface area contributed by atoms with Gasteiger partial charge in [0.1, 0.15) is 11.6 Å². The normalized spacial score (nSPS) is 10.6. The molecule has 0 aliphatic heterocycles. The maximum absolute atomic E-state index is 13.4. The lowest BCUT2D eigenvalue weighted by molar-refractivity contribution is -0.114. The summed E-state index contributed by atoms with van der Waals surface area (Å²) < 4.78 is 41.9. The van der Waals surface area contributed by atoms with Crippen LogP contribution in [0.3, 0.4) is 0 Å². The number of carbonyl (C=O) groups excluding carboxylic acids is 1. The molecule has 0 atom stereocenters. The molecule has 2 rings (SSSR count). The van der Waals surface area contributed by atoms with E-state index in [1.54, 1.807) is 19.1 Å². The first-order valence-electron chi connectivity index (χ1n) is 6.89. The van der Waals surface area contributed by atoms with Gasteiger partial charge in [0.05, 0.1) is 11.6 Å². The van der Waals surface area contributed by atoms with Gasteiger partial charge in [-0.15, -0.1) is 0 Å². The van der Waals surface area contributed by atoms with Crippen LogP contribution in [0.1, 0.15) is 5.56 Å². The molecule has 8 heteroatoms. The van der Waals surface area contributed by atoms with Crippen LogP contribution in [0.5, 0.6) is 5.75 Å². The molecule has 0 saturated heterocycles. The number of halogens is 4. The van der Waals surface area contributed by atoms with Crippen LogP contribution in [0.2, 0.25) is 5.02 Å². The highest BCUT2D eigenvalue weighted by Gasteiger charge is 2.10. The van der Waals surface area contributed by atoms with Crippen LogP contribution in [-0.2, 0) is 4.79 Å². The van der Waals surface area contributed by atoms with E-state index >= 15 is 0 Å². The average molecular weight is 359 g/mol. The molecule has 1 amide bonds. The van der Waals surface area contributed by atoms with Crippen molar-refractivity contribution < 1.29 is 22.7 Å². The highest BCUT2D eigenvalue weighted by atomic mass is 35.5. The second-order valence-electron chi connectivity index (χ2n) is 4.89. The Morgan fingerprint density at radius 3 is 2.54 bits per heavy atom.